The molecule has 6 aromatic rings. The van der Waals surface area contributed by atoms with Crippen molar-refractivity contribution in [2.24, 2.45) is 5.73 Å². The molecule has 31 heteroatoms. The number of carbonyl (C=O) groups is 11. The molecule has 6 atom stereocenters. The SMILES string of the molecule is NC(=O)C(CCCCNC(=O)c1ccc2ccccc2c1)NC(=O)CCCCCNC(=O)C(CCC(O)O)NC(=O)C(Cc1c[nH]c2ccccc12)NC(=O)C(Cc1cccc(F)c1)NC(=O)CNC(=O)C(CCC(=O)O)NC(=O)C(CC(=O)O)NS(=O)(=O)c1ccc(Br)cc1. The van der Waals surface area contributed by atoms with Crippen LogP contribution in [0.3, 0.4) is 0 Å². The van der Waals surface area contributed by atoms with Gasteiger partial charge >= 0.3 is 11.9 Å². The maximum absolute atomic E-state index is 14.6. The molecule has 6 unspecified atom stereocenters. The lowest BCUT2D eigenvalue weighted by atomic mass is 10.0. The standard InChI is InChI=1S/C65H77BrFN11O17S/c66-43-21-23-45(24-22-43)96(94,95)78-53(35-58(85)86)65(93)76-50(26-28-57(83)84)62(90)72-37-55(80)74-51(32-38-11-10-14-44(67)31-38)63(91)77-52(34-42-36-71-47-16-6-5-15-46(42)47)64(92)75-49(25-27-56(81)82)61(89)70-29-8-1-2-18-54(79)73-48(59(68)87)17-7-9-30-69-60(88)41-20-19-39-12-3-4-13-40(39)33-41/h3-6,10-16,19-24,31,33,36,48-53,56,71,78,81-82H,1-2,7-9,17-18,25-30,32,34-35,37H2,(H2,68,87)(H,69,88)(H,70,89)(H,72,90)(H,73,79)(H,74,80)(H,75,92)(H,76,93)(H,77,91)(H,83,84)(H,85,86). The number of aromatic nitrogens is 1. The van der Waals surface area contributed by atoms with Crippen molar-refractivity contribution in [3.05, 3.63) is 148 Å². The summed E-state index contributed by atoms with van der Waals surface area (Å²) in [6, 6.07) is 20.6. The number of aliphatic hydroxyl groups excluding tert-OH is 1. The van der Waals surface area contributed by atoms with Crippen LogP contribution in [0.2, 0.25) is 0 Å². The average molecular weight is 1420 g/mol. The maximum Gasteiger partial charge on any atom is 0.305 e. The van der Waals surface area contributed by atoms with Gasteiger partial charge in [0.25, 0.3) is 5.91 Å². The van der Waals surface area contributed by atoms with E-state index in [-0.39, 0.29) is 48.6 Å². The highest BCUT2D eigenvalue weighted by molar-refractivity contribution is 9.10. The Morgan fingerprint density at radius 3 is 1.85 bits per heavy atom. The van der Waals surface area contributed by atoms with E-state index in [0.717, 1.165) is 35.0 Å². The van der Waals surface area contributed by atoms with Crippen molar-refractivity contribution >= 4 is 113 Å². The Morgan fingerprint density at radius 2 is 1.17 bits per heavy atom. The summed E-state index contributed by atoms with van der Waals surface area (Å²) < 4.78 is 43.5. The number of hydrogen-bond donors (Lipinski definition) is 15. The van der Waals surface area contributed by atoms with Crippen LogP contribution in [0, 0.1) is 5.82 Å². The van der Waals surface area contributed by atoms with Gasteiger partial charge in [-0.05, 0) is 121 Å². The van der Waals surface area contributed by atoms with E-state index in [1.54, 1.807) is 42.6 Å². The number of para-hydroxylation sites is 1. The van der Waals surface area contributed by atoms with E-state index in [9.17, 15) is 86.0 Å². The number of hydrogen-bond acceptors (Lipinski definition) is 15. The van der Waals surface area contributed by atoms with Crippen molar-refractivity contribution in [1.82, 2.24) is 52.2 Å². The first-order valence-corrected chi connectivity index (χ1v) is 33.0. The first-order valence-electron chi connectivity index (χ1n) is 30.7. The van der Waals surface area contributed by atoms with Gasteiger partial charge in [0, 0.05) is 72.3 Å². The van der Waals surface area contributed by atoms with E-state index in [4.69, 9.17) is 5.73 Å². The number of aliphatic hydroxyl groups is 2. The lowest BCUT2D eigenvalue weighted by Crippen LogP contribution is -2.58. The van der Waals surface area contributed by atoms with Crippen LogP contribution in [0.1, 0.15) is 98.5 Å². The van der Waals surface area contributed by atoms with Crippen molar-refractivity contribution in [2.45, 2.75) is 137 Å². The van der Waals surface area contributed by atoms with Gasteiger partial charge in [-0.1, -0.05) is 83.0 Å². The number of sulfonamides is 1. The van der Waals surface area contributed by atoms with Crippen LogP contribution in [-0.4, -0.2) is 161 Å². The molecule has 0 fully saturated rings. The van der Waals surface area contributed by atoms with Gasteiger partial charge in [0.15, 0.2) is 6.29 Å². The first kappa shape index (κ1) is 75.3. The molecule has 28 nitrogen and oxygen atoms in total. The van der Waals surface area contributed by atoms with Gasteiger partial charge in [-0.2, -0.15) is 4.72 Å². The average Bonchev–Trinajstić information content (AvgIpc) is 1.66. The van der Waals surface area contributed by atoms with Gasteiger partial charge in [0.2, 0.25) is 57.3 Å². The number of carboxylic acid groups (broad SMARTS) is 2. The Kier molecular flexibility index (Phi) is 29.4. The van der Waals surface area contributed by atoms with Gasteiger partial charge in [0.05, 0.1) is 17.9 Å². The zero-order valence-corrected chi connectivity index (χ0v) is 54.3. The number of fused-ring (bicyclic) bond motifs is 2. The fraction of sp³-hybridized carbons (Fsp3) is 0.369. The molecular formula is C65H77BrFN11O17S. The summed E-state index contributed by atoms with van der Waals surface area (Å²) in [6.07, 6.45) is -1.91. The zero-order valence-electron chi connectivity index (χ0n) is 51.9. The number of aliphatic carboxylic acids is 2. The number of nitrogens with two attached hydrogens (primary N) is 1. The molecule has 16 N–H and O–H groups in total. The predicted octanol–water partition coefficient (Wildman–Crippen LogP) is 2.09. The summed E-state index contributed by atoms with van der Waals surface area (Å²) in [5, 5.41) is 61.5. The maximum atomic E-state index is 14.6. The third kappa shape index (κ3) is 24.9. The summed E-state index contributed by atoms with van der Waals surface area (Å²) in [6.45, 7) is -0.605. The highest BCUT2D eigenvalue weighted by atomic mass is 79.9. The minimum absolute atomic E-state index is 0.0163. The number of amides is 9. The Balaban J connectivity index is 1.07. The second-order valence-electron chi connectivity index (χ2n) is 22.6. The Hall–Kier alpha value is -9.69. The lowest BCUT2D eigenvalue weighted by molar-refractivity contribution is -0.140. The van der Waals surface area contributed by atoms with E-state index in [0.29, 0.717) is 65.2 Å². The Labute approximate surface area is 559 Å². The first-order chi connectivity index (χ1) is 45.7. The van der Waals surface area contributed by atoms with Crippen molar-refractivity contribution in [3.8, 4) is 0 Å². The third-order valence-electron chi connectivity index (χ3n) is 15.2. The van der Waals surface area contributed by atoms with E-state index >= 15 is 0 Å². The second kappa shape index (κ2) is 37.4. The minimum Gasteiger partial charge on any atom is -0.481 e. The highest BCUT2D eigenvalue weighted by Crippen LogP contribution is 2.21. The third-order valence-corrected chi connectivity index (χ3v) is 17.2. The van der Waals surface area contributed by atoms with Crippen LogP contribution >= 0.6 is 15.9 Å². The van der Waals surface area contributed by atoms with E-state index < -0.39 is 156 Å². The molecular weight excluding hydrogens is 1340 g/mol. The number of unbranched alkanes of at least 4 members (excludes halogenated alkanes) is 3. The molecule has 0 aliphatic carbocycles. The molecule has 0 aliphatic heterocycles. The van der Waals surface area contributed by atoms with Crippen LogP contribution in [0.25, 0.3) is 21.7 Å². The topological polar surface area (TPSA) is 453 Å². The predicted molar refractivity (Wildman–Crippen MR) is 350 cm³/mol. The molecule has 1 aromatic heterocycles. The Bertz CT molecular complexity index is 3860. The van der Waals surface area contributed by atoms with Crippen LogP contribution in [-0.2, 0) is 70.8 Å². The molecule has 0 aliphatic rings. The molecule has 0 spiro atoms. The summed E-state index contributed by atoms with van der Waals surface area (Å²) in [7, 11) is -4.56. The van der Waals surface area contributed by atoms with Crippen LogP contribution in [0.4, 0.5) is 4.39 Å². The fourth-order valence-electron chi connectivity index (χ4n) is 10.1. The molecule has 6 rings (SSSR count). The van der Waals surface area contributed by atoms with Crippen LogP contribution in [0.5, 0.6) is 0 Å². The molecule has 1 heterocycles. The van der Waals surface area contributed by atoms with Crippen molar-refractivity contribution in [3.63, 3.8) is 0 Å². The summed E-state index contributed by atoms with van der Waals surface area (Å²) in [4.78, 5) is 148. The number of rotatable bonds is 40. The van der Waals surface area contributed by atoms with Gasteiger partial charge in [0.1, 0.15) is 42.1 Å². The lowest BCUT2D eigenvalue weighted by Gasteiger charge is -2.26. The number of nitrogens with one attached hydrogen (secondary N) is 10. The largest absolute Gasteiger partial charge is 0.481 e. The molecule has 0 bridgehead atoms. The number of primary amides is 1. The molecule has 0 saturated heterocycles. The molecule has 0 saturated carbocycles. The van der Waals surface area contributed by atoms with Gasteiger partial charge < -0.3 is 73.7 Å². The number of H-pyrrole nitrogens is 1. The van der Waals surface area contributed by atoms with Gasteiger partial charge in [-0.15, -0.1) is 0 Å². The molecule has 0 radical (unpaired) electrons. The number of halogens is 2. The van der Waals surface area contributed by atoms with Gasteiger partial charge in [-0.25, -0.2) is 12.8 Å². The summed E-state index contributed by atoms with van der Waals surface area (Å²) >= 11 is 3.17. The monoisotopic (exact) mass is 1410 g/mol. The second-order valence-corrected chi connectivity index (χ2v) is 25.2. The van der Waals surface area contributed by atoms with Crippen molar-refractivity contribution in [2.75, 3.05) is 19.6 Å². The zero-order chi connectivity index (χ0) is 69.9. The summed E-state index contributed by atoms with van der Waals surface area (Å²) in [5.74, 6) is -11.6. The normalized spacial score (nSPS) is 13.2. The quantitative estimate of drug-likeness (QED) is 0.0193. The molecule has 96 heavy (non-hydrogen) atoms. The van der Waals surface area contributed by atoms with Crippen molar-refractivity contribution in [1.29, 1.82) is 0 Å². The highest BCUT2D eigenvalue weighted by Gasteiger charge is 2.34. The minimum atomic E-state index is -4.56. The van der Waals surface area contributed by atoms with E-state index in [2.05, 4.69) is 63.4 Å². The number of carboxylic acids is 2. The number of carbonyl (C=O) groups excluding carboxylic acids is 9. The summed E-state index contributed by atoms with van der Waals surface area (Å²) in [5.41, 5.74) is 7.42. The van der Waals surface area contributed by atoms with Gasteiger partial charge in [-0.3, -0.25) is 52.7 Å². The van der Waals surface area contributed by atoms with Crippen molar-refractivity contribution < 1.29 is 86.0 Å². The number of aromatic amines is 1. The smallest absolute Gasteiger partial charge is 0.305 e. The fourth-order valence-corrected chi connectivity index (χ4v) is 11.6. The Morgan fingerprint density at radius 1 is 0.542 bits per heavy atom. The molecule has 9 amide bonds. The number of benzene rings is 5. The van der Waals surface area contributed by atoms with Crippen LogP contribution < -0.4 is 53.0 Å². The van der Waals surface area contributed by atoms with E-state index in [1.165, 1.54) is 24.3 Å². The molecule has 5 aromatic carbocycles. The van der Waals surface area contributed by atoms with Crippen LogP contribution in [0.15, 0.2) is 131 Å². The van der Waals surface area contributed by atoms with E-state index in [1.807, 2.05) is 35.1 Å². The molecule has 514 valence electrons.